The van der Waals surface area contributed by atoms with Crippen molar-refractivity contribution < 1.29 is 28.6 Å². The number of hydrogen-bond acceptors (Lipinski definition) is 6. The predicted octanol–water partition coefficient (Wildman–Crippen LogP) is 15.3. The third-order valence-electron chi connectivity index (χ3n) is 9.68. The molecule has 330 valence electrons. The average molecular weight is 807 g/mol. The van der Waals surface area contributed by atoms with E-state index in [1.54, 1.807) is 0 Å². The van der Waals surface area contributed by atoms with Crippen molar-refractivity contribution in [1.82, 2.24) is 0 Å². The molecule has 0 amide bonds. The second-order valence-corrected chi connectivity index (χ2v) is 15.3. The summed E-state index contributed by atoms with van der Waals surface area (Å²) in [5.41, 5.74) is 0. The van der Waals surface area contributed by atoms with Crippen molar-refractivity contribution in [2.45, 2.75) is 213 Å². The van der Waals surface area contributed by atoms with Crippen LogP contribution in [0.2, 0.25) is 0 Å². The molecule has 0 aliphatic heterocycles. The van der Waals surface area contributed by atoms with E-state index in [0.717, 1.165) is 96.3 Å². The SMILES string of the molecule is CC\C=C/C=C\C=C/CCCCCCCCCC(=O)OC(COC(=O)CCC/C=C\CCCCCC)COC(=O)CCCCCCCC/C=C\C/C=C\C/C=C\CC. The van der Waals surface area contributed by atoms with Crippen LogP contribution in [0.5, 0.6) is 0 Å². The second kappa shape index (κ2) is 46.3. The largest absolute Gasteiger partial charge is 0.462 e. The molecule has 0 radical (unpaired) electrons. The zero-order valence-electron chi connectivity index (χ0n) is 37.5. The Kier molecular flexibility index (Phi) is 43.6. The van der Waals surface area contributed by atoms with E-state index in [2.05, 4.69) is 106 Å². The van der Waals surface area contributed by atoms with Crippen LogP contribution in [0.4, 0.5) is 0 Å². The fourth-order valence-corrected chi connectivity index (χ4v) is 6.16. The summed E-state index contributed by atoms with van der Waals surface area (Å²) in [6, 6.07) is 0. The van der Waals surface area contributed by atoms with Gasteiger partial charge in [0.2, 0.25) is 0 Å². The summed E-state index contributed by atoms with van der Waals surface area (Å²) in [6.07, 6.45) is 58.6. The maximum atomic E-state index is 12.7. The summed E-state index contributed by atoms with van der Waals surface area (Å²) < 4.78 is 16.7. The van der Waals surface area contributed by atoms with Gasteiger partial charge in [-0.05, 0) is 89.9 Å². The molecule has 0 aliphatic carbocycles. The van der Waals surface area contributed by atoms with E-state index in [-0.39, 0.29) is 31.1 Å². The van der Waals surface area contributed by atoms with Crippen molar-refractivity contribution in [2.24, 2.45) is 0 Å². The number of carbonyl (C=O) groups excluding carboxylic acids is 3. The van der Waals surface area contributed by atoms with Crippen LogP contribution in [-0.2, 0) is 28.6 Å². The molecule has 6 nitrogen and oxygen atoms in total. The molecule has 0 aromatic carbocycles. The number of hydrogen-bond donors (Lipinski definition) is 0. The van der Waals surface area contributed by atoms with Gasteiger partial charge in [0.25, 0.3) is 0 Å². The first-order valence-electron chi connectivity index (χ1n) is 23.6. The first kappa shape index (κ1) is 54.6. The molecule has 0 N–H and O–H groups in total. The first-order chi connectivity index (χ1) is 28.5. The fraction of sp³-hybridized carbons (Fsp3) is 0.673. The minimum absolute atomic E-state index is 0.0980. The van der Waals surface area contributed by atoms with Crippen molar-refractivity contribution in [1.29, 1.82) is 0 Å². The van der Waals surface area contributed by atoms with Crippen LogP contribution in [0.25, 0.3) is 0 Å². The monoisotopic (exact) mass is 807 g/mol. The van der Waals surface area contributed by atoms with Gasteiger partial charge in [0.15, 0.2) is 6.10 Å². The molecule has 6 heteroatoms. The highest BCUT2D eigenvalue weighted by molar-refractivity contribution is 5.71. The van der Waals surface area contributed by atoms with E-state index in [4.69, 9.17) is 14.2 Å². The molecule has 0 fully saturated rings. The van der Waals surface area contributed by atoms with Crippen LogP contribution in [0.3, 0.4) is 0 Å². The molecule has 0 aromatic rings. The lowest BCUT2D eigenvalue weighted by Gasteiger charge is -2.18. The van der Waals surface area contributed by atoms with E-state index in [0.29, 0.717) is 25.7 Å². The first-order valence-corrected chi connectivity index (χ1v) is 23.6. The standard InChI is InChI=1S/C52H86O6/c1-4-7-10-13-16-19-21-23-25-27-28-30-33-36-39-42-45-51(54)57-48-49(47-56-50(53)44-41-38-35-32-18-15-12-9-6-3)58-52(55)46-43-40-37-34-31-29-26-24-22-20-17-14-11-8-5-2/h7-8,10-11,14,16-17,19-20,22-23,25,32,35,49H,4-6,9,12-13,15,18,21,24,26-31,33-34,36-48H2,1-3H3/b10-7-,11-8-,17-14-,19-16-,22-20-,25-23-,35-32-. The molecule has 0 heterocycles. The van der Waals surface area contributed by atoms with Crippen molar-refractivity contribution in [2.75, 3.05) is 13.2 Å². The maximum Gasteiger partial charge on any atom is 0.306 e. The lowest BCUT2D eigenvalue weighted by atomic mass is 10.1. The molecule has 0 rings (SSSR count). The molecule has 0 saturated heterocycles. The van der Waals surface area contributed by atoms with Crippen LogP contribution in [0.15, 0.2) is 85.1 Å². The summed E-state index contributed by atoms with van der Waals surface area (Å²) in [4.78, 5) is 37.8. The van der Waals surface area contributed by atoms with Gasteiger partial charge in [0.1, 0.15) is 13.2 Å². The lowest BCUT2D eigenvalue weighted by molar-refractivity contribution is -0.167. The number of carbonyl (C=O) groups is 3. The number of unbranched alkanes of at least 4 members (excludes halogenated alkanes) is 18. The summed E-state index contributed by atoms with van der Waals surface area (Å²) in [6.45, 7) is 6.30. The van der Waals surface area contributed by atoms with Crippen LogP contribution < -0.4 is 0 Å². The van der Waals surface area contributed by atoms with Gasteiger partial charge >= 0.3 is 17.9 Å². The van der Waals surface area contributed by atoms with Gasteiger partial charge in [-0.25, -0.2) is 0 Å². The Morgan fingerprint density at radius 1 is 0.379 bits per heavy atom. The minimum atomic E-state index is -0.797. The minimum Gasteiger partial charge on any atom is -0.462 e. The van der Waals surface area contributed by atoms with Crippen molar-refractivity contribution in [3.8, 4) is 0 Å². The van der Waals surface area contributed by atoms with Crippen LogP contribution in [-0.4, -0.2) is 37.2 Å². The quantitative estimate of drug-likeness (QED) is 0.0201. The molecule has 0 spiro atoms. The Balaban J connectivity index is 4.42. The van der Waals surface area contributed by atoms with Crippen molar-refractivity contribution >= 4 is 17.9 Å². The highest BCUT2D eigenvalue weighted by Crippen LogP contribution is 2.13. The average Bonchev–Trinajstić information content (AvgIpc) is 3.22. The fourth-order valence-electron chi connectivity index (χ4n) is 6.16. The van der Waals surface area contributed by atoms with Crippen molar-refractivity contribution in [3.63, 3.8) is 0 Å². The summed E-state index contributed by atoms with van der Waals surface area (Å²) >= 11 is 0. The summed E-state index contributed by atoms with van der Waals surface area (Å²) in [7, 11) is 0. The van der Waals surface area contributed by atoms with E-state index < -0.39 is 6.10 Å². The molecule has 0 saturated carbocycles. The number of esters is 3. The topological polar surface area (TPSA) is 78.9 Å². The van der Waals surface area contributed by atoms with E-state index >= 15 is 0 Å². The molecular weight excluding hydrogens is 721 g/mol. The number of rotatable bonds is 41. The van der Waals surface area contributed by atoms with Crippen LogP contribution in [0.1, 0.15) is 207 Å². The zero-order chi connectivity index (χ0) is 42.3. The van der Waals surface area contributed by atoms with E-state index in [1.165, 1.54) is 64.2 Å². The summed E-state index contributed by atoms with van der Waals surface area (Å²) in [5, 5.41) is 0. The maximum absolute atomic E-state index is 12.7. The van der Waals surface area contributed by atoms with Gasteiger partial charge in [-0.1, -0.05) is 183 Å². The predicted molar refractivity (Wildman–Crippen MR) is 247 cm³/mol. The highest BCUT2D eigenvalue weighted by atomic mass is 16.6. The highest BCUT2D eigenvalue weighted by Gasteiger charge is 2.19. The normalized spacial score (nSPS) is 12.8. The lowest BCUT2D eigenvalue weighted by Crippen LogP contribution is -2.30. The van der Waals surface area contributed by atoms with E-state index in [1.807, 2.05) is 0 Å². The number of ether oxygens (including phenoxy) is 3. The summed E-state index contributed by atoms with van der Waals surface area (Å²) in [5.74, 6) is -0.965. The van der Waals surface area contributed by atoms with Gasteiger partial charge in [0, 0.05) is 19.3 Å². The van der Waals surface area contributed by atoms with Crippen LogP contribution >= 0.6 is 0 Å². The van der Waals surface area contributed by atoms with Crippen LogP contribution in [0, 0.1) is 0 Å². The molecule has 0 bridgehead atoms. The van der Waals surface area contributed by atoms with E-state index in [9.17, 15) is 14.4 Å². The van der Waals surface area contributed by atoms with Gasteiger partial charge in [-0.2, -0.15) is 0 Å². The second-order valence-electron chi connectivity index (χ2n) is 15.3. The Morgan fingerprint density at radius 2 is 0.776 bits per heavy atom. The molecular formula is C52H86O6. The Morgan fingerprint density at radius 3 is 1.33 bits per heavy atom. The molecule has 1 unspecified atom stereocenters. The number of allylic oxidation sites excluding steroid dienone is 14. The molecule has 1 atom stereocenters. The van der Waals surface area contributed by atoms with Gasteiger partial charge in [0.05, 0.1) is 0 Å². The third-order valence-corrected chi connectivity index (χ3v) is 9.68. The van der Waals surface area contributed by atoms with Gasteiger partial charge in [-0.3, -0.25) is 14.4 Å². The van der Waals surface area contributed by atoms with Crippen molar-refractivity contribution in [3.05, 3.63) is 85.1 Å². The Labute approximate surface area is 356 Å². The third kappa shape index (κ3) is 43.7. The van der Waals surface area contributed by atoms with Gasteiger partial charge < -0.3 is 14.2 Å². The molecule has 0 aromatic heterocycles. The Bertz CT molecular complexity index is 1160. The molecule has 0 aliphatic rings. The molecule has 58 heavy (non-hydrogen) atoms. The van der Waals surface area contributed by atoms with Gasteiger partial charge in [-0.15, -0.1) is 0 Å². The smallest absolute Gasteiger partial charge is 0.306 e. The zero-order valence-corrected chi connectivity index (χ0v) is 37.5. The Hall–Kier alpha value is -3.41.